The van der Waals surface area contributed by atoms with Gasteiger partial charge in [-0.25, -0.2) is 4.79 Å². The Bertz CT molecular complexity index is 287. The maximum Gasteiger partial charge on any atom is 0.317 e. The van der Waals surface area contributed by atoms with Gasteiger partial charge in [-0.2, -0.15) is 0 Å². The van der Waals surface area contributed by atoms with Crippen molar-refractivity contribution in [3.63, 3.8) is 0 Å². The largest absolute Gasteiger partial charge is 0.481 e. The number of rotatable bonds is 5. The highest BCUT2D eigenvalue weighted by molar-refractivity contribution is 5.79. The van der Waals surface area contributed by atoms with Crippen LogP contribution in [0.5, 0.6) is 0 Å². The summed E-state index contributed by atoms with van der Waals surface area (Å²) in [5.41, 5.74) is 0. The Morgan fingerprint density at radius 1 is 1.47 bits per heavy atom. The summed E-state index contributed by atoms with van der Waals surface area (Å²) in [5.74, 6) is -0.984. The van der Waals surface area contributed by atoms with Gasteiger partial charge in [0, 0.05) is 20.2 Å². The van der Waals surface area contributed by atoms with E-state index in [0.29, 0.717) is 19.7 Å². The summed E-state index contributed by atoms with van der Waals surface area (Å²) in [6, 6.07) is -0.255. The highest BCUT2D eigenvalue weighted by atomic mass is 16.5. The third-order valence-electron chi connectivity index (χ3n) is 2.98. The number of amides is 2. The van der Waals surface area contributed by atoms with Crippen molar-refractivity contribution < 1.29 is 19.4 Å². The Balaban J connectivity index is 2.36. The van der Waals surface area contributed by atoms with Crippen LogP contribution in [0.25, 0.3) is 0 Å². The van der Waals surface area contributed by atoms with Crippen molar-refractivity contribution in [3.05, 3.63) is 0 Å². The fraction of sp³-hybridized carbons (Fsp3) is 0.818. The van der Waals surface area contributed by atoms with E-state index >= 15 is 0 Å². The number of carbonyl (C=O) groups is 2. The highest BCUT2D eigenvalue weighted by Crippen LogP contribution is 2.16. The molecule has 2 amide bonds. The molecule has 0 aliphatic carbocycles. The van der Waals surface area contributed by atoms with Crippen molar-refractivity contribution in [2.75, 3.05) is 26.8 Å². The summed E-state index contributed by atoms with van der Waals surface area (Å²) in [6.45, 7) is 5.04. The smallest absolute Gasteiger partial charge is 0.317 e. The van der Waals surface area contributed by atoms with E-state index in [1.807, 2.05) is 13.8 Å². The van der Waals surface area contributed by atoms with Gasteiger partial charge >= 0.3 is 12.0 Å². The van der Waals surface area contributed by atoms with E-state index in [1.54, 1.807) is 7.11 Å². The molecule has 6 heteroatoms. The zero-order chi connectivity index (χ0) is 13.0. The van der Waals surface area contributed by atoms with Crippen LogP contribution in [-0.2, 0) is 9.53 Å². The average molecular weight is 244 g/mol. The number of likely N-dealkylation sites (tertiary alicyclic amines) is 1. The van der Waals surface area contributed by atoms with Gasteiger partial charge in [0.15, 0.2) is 0 Å². The van der Waals surface area contributed by atoms with Crippen LogP contribution in [0.3, 0.4) is 0 Å². The minimum atomic E-state index is -0.841. The number of urea groups is 1. The first-order valence-corrected chi connectivity index (χ1v) is 5.72. The standard InChI is InChI=1S/C11H20N2O4/c1-7(2)9(6-17-3)12-11(16)13-4-8(5-13)10(14)15/h7-9H,4-6H2,1-3H3,(H,12,16)(H,14,15). The number of aliphatic carboxylic acids is 1. The molecular formula is C11H20N2O4. The second-order valence-corrected chi connectivity index (χ2v) is 4.70. The minimum Gasteiger partial charge on any atom is -0.481 e. The Morgan fingerprint density at radius 2 is 2.06 bits per heavy atom. The predicted molar refractivity (Wildman–Crippen MR) is 61.7 cm³/mol. The molecule has 1 fully saturated rings. The van der Waals surface area contributed by atoms with Crippen molar-refractivity contribution in [2.45, 2.75) is 19.9 Å². The summed E-state index contributed by atoms with van der Waals surface area (Å²) in [7, 11) is 1.59. The number of nitrogens with zero attached hydrogens (tertiary/aromatic N) is 1. The second-order valence-electron chi connectivity index (χ2n) is 4.70. The topological polar surface area (TPSA) is 78.9 Å². The molecule has 0 spiro atoms. The summed E-state index contributed by atoms with van der Waals surface area (Å²) >= 11 is 0. The van der Waals surface area contributed by atoms with Crippen molar-refractivity contribution in [3.8, 4) is 0 Å². The number of carboxylic acids is 1. The van der Waals surface area contributed by atoms with E-state index < -0.39 is 11.9 Å². The fourth-order valence-corrected chi connectivity index (χ4v) is 1.63. The summed E-state index contributed by atoms with van der Waals surface area (Å²) in [4.78, 5) is 23.9. The fourth-order valence-electron chi connectivity index (χ4n) is 1.63. The molecule has 0 saturated carbocycles. The lowest BCUT2D eigenvalue weighted by Crippen LogP contribution is -2.58. The molecule has 1 unspecified atom stereocenters. The molecule has 1 rings (SSSR count). The van der Waals surface area contributed by atoms with Crippen LogP contribution >= 0.6 is 0 Å². The molecule has 0 aromatic carbocycles. The highest BCUT2D eigenvalue weighted by Gasteiger charge is 2.36. The van der Waals surface area contributed by atoms with Gasteiger partial charge in [0.2, 0.25) is 0 Å². The molecule has 0 aromatic heterocycles. The van der Waals surface area contributed by atoms with Gasteiger partial charge in [-0.1, -0.05) is 13.8 Å². The number of ether oxygens (including phenoxy) is 1. The molecule has 0 radical (unpaired) electrons. The van der Waals surface area contributed by atoms with Crippen molar-refractivity contribution in [1.29, 1.82) is 0 Å². The van der Waals surface area contributed by atoms with Gasteiger partial charge in [0.05, 0.1) is 18.6 Å². The Labute approximate surface area is 101 Å². The molecule has 1 aliphatic rings. The lowest BCUT2D eigenvalue weighted by molar-refractivity contribution is -0.146. The zero-order valence-electron chi connectivity index (χ0n) is 10.5. The van der Waals surface area contributed by atoms with Crippen molar-refractivity contribution in [2.24, 2.45) is 11.8 Å². The van der Waals surface area contributed by atoms with Crippen LogP contribution in [0.4, 0.5) is 4.79 Å². The number of hydrogen-bond acceptors (Lipinski definition) is 3. The third-order valence-corrected chi connectivity index (χ3v) is 2.98. The molecule has 2 N–H and O–H groups in total. The first-order chi connectivity index (χ1) is 7.95. The molecule has 1 heterocycles. The van der Waals surface area contributed by atoms with Crippen LogP contribution in [0.1, 0.15) is 13.8 Å². The third kappa shape index (κ3) is 3.59. The van der Waals surface area contributed by atoms with Gasteiger partial charge in [-0.05, 0) is 5.92 Å². The molecule has 17 heavy (non-hydrogen) atoms. The van der Waals surface area contributed by atoms with Gasteiger partial charge in [-0.3, -0.25) is 4.79 Å². The first kappa shape index (κ1) is 13.8. The van der Waals surface area contributed by atoms with Gasteiger partial charge in [0.25, 0.3) is 0 Å². The summed E-state index contributed by atoms with van der Waals surface area (Å²) in [5, 5.41) is 11.6. The lowest BCUT2D eigenvalue weighted by Gasteiger charge is -2.37. The van der Waals surface area contributed by atoms with Gasteiger partial charge < -0.3 is 20.1 Å². The van der Waals surface area contributed by atoms with Crippen LogP contribution in [0.15, 0.2) is 0 Å². The normalized spacial score (nSPS) is 17.8. The van der Waals surface area contributed by atoms with E-state index in [4.69, 9.17) is 9.84 Å². The number of hydrogen-bond donors (Lipinski definition) is 2. The molecule has 98 valence electrons. The number of carbonyl (C=O) groups excluding carboxylic acids is 1. The van der Waals surface area contributed by atoms with Gasteiger partial charge in [0.1, 0.15) is 0 Å². The van der Waals surface area contributed by atoms with Crippen LogP contribution in [-0.4, -0.2) is 54.9 Å². The summed E-state index contributed by atoms with van der Waals surface area (Å²) < 4.78 is 5.03. The van der Waals surface area contributed by atoms with E-state index in [9.17, 15) is 9.59 Å². The molecular weight excluding hydrogens is 224 g/mol. The predicted octanol–water partition coefficient (Wildman–Crippen LogP) is 0.383. The number of methoxy groups -OCH3 is 1. The second kappa shape index (κ2) is 5.86. The monoisotopic (exact) mass is 244 g/mol. The maximum absolute atomic E-state index is 11.7. The van der Waals surface area contributed by atoms with E-state index in [2.05, 4.69) is 5.32 Å². The molecule has 0 aromatic rings. The van der Waals surface area contributed by atoms with Crippen molar-refractivity contribution in [1.82, 2.24) is 10.2 Å². The quantitative estimate of drug-likeness (QED) is 0.733. The molecule has 1 atom stereocenters. The summed E-state index contributed by atoms with van der Waals surface area (Å²) in [6.07, 6.45) is 0. The van der Waals surface area contributed by atoms with E-state index in [1.165, 1.54) is 4.90 Å². The van der Waals surface area contributed by atoms with Crippen LogP contribution in [0, 0.1) is 11.8 Å². The van der Waals surface area contributed by atoms with Gasteiger partial charge in [-0.15, -0.1) is 0 Å². The SMILES string of the molecule is COCC(NC(=O)N1CC(C(=O)O)C1)C(C)C. The van der Waals surface area contributed by atoms with Crippen LogP contribution in [0.2, 0.25) is 0 Å². The zero-order valence-corrected chi connectivity index (χ0v) is 10.5. The minimum absolute atomic E-state index is 0.0450. The Morgan fingerprint density at radius 3 is 2.47 bits per heavy atom. The average Bonchev–Trinajstić information content (AvgIpc) is 2.13. The van der Waals surface area contributed by atoms with Crippen molar-refractivity contribution >= 4 is 12.0 Å². The maximum atomic E-state index is 11.7. The molecule has 1 aliphatic heterocycles. The number of nitrogens with one attached hydrogen (secondary N) is 1. The molecule has 0 bridgehead atoms. The Hall–Kier alpha value is -1.30. The Kier molecular flexibility index (Phi) is 4.74. The van der Waals surface area contributed by atoms with E-state index in [-0.39, 0.29) is 18.0 Å². The molecule has 1 saturated heterocycles. The molecule has 6 nitrogen and oxygen atoms in total. The first-order valence-electron chi connectivity index (χ1n) is 5.72. The lowest BCUT2D eigenvalue weighted by atomic mass is 10.0. The van der Waals surface area contributed by atoms with E-state index in [0.717, 1.165) is 0 Å². The number of carboxylic acid groups (broad SMARTS) is 1. The van der Waals surface area contributed by atoms with Crippen LogP contribution < -0.4 is 5.32 Å².